The lowest BCUT2D eigenvalue weighted by atomic mass is 9.47. The first-order chi connectivity index (χ1) is 18.3. The Bertz CT molecular complexity index is 1240. The second-order valence-corrected chi connectivity index (χ2v) is 13.8. The molecule has 4 aliphatic carbocycles. The number of carbonyl (C=O) groups excluding carboxylic acids is 1. The van der Waals surface area contributed by atoms with Crippen LogP contribution in [-0.4, -0.2) is 23.2 Å². The zero-order chi connectivity index (χ0) is 26.5. The standard InChI is InChI=1S/C35H42O2S/c1-34-20-18-27(36)22-26(34)11-14-29-30-15-16-32(35(30,2)21-19-31(29)34)33(37)17-6-23-4-7-24(8-5-23)25-9-12-28(38-3)13-10-25/h4-13,17,27,29-32,36H,14-16,18-22H2,1-3H3/b17-6+/t27-,29-,30-,31-,32+,34-,35-/m0/s1. The van der Waals surface area contributed by atoms with Crippen molar-refractivity contribution < 1.29 is 9.90 Å². The Balaban J connectivity index is 1.15. The summed E-state index contributed by atoms with van der Waals surface area (Å²) in [5.74, 6) is 2.52. The fourth-order valence-corrected chi connectivity index (χ4v) is 9.38. The number of hydrogen-bond acceptors (Lipinski definition) is 3. The second kappa shape index (κ2) is 10.1. The van der Waals surface area contributed by atoms with E-state index < -0.39 is 0 Å². The maximum Gasteiger partial charge on any atom is 0.159 e. The van der Waals surface area contributed by atoms with E-state index >= 15 is 0 Å². The Kier molecular flexibility index (Phi) is 6.97. The van der Waals surface area contributed by atoms with Crippen LogP contribution >= 0.6 is 11.8 Å². The molecule has 0 amide bonds. The first-order valence-electron chi connectivity index (χ1n) is 14.7. The van der Waals surface area contributed by atoms with E-state index in [9.17, 15) is 9.90 Å². The van der Waals surface area contributed by atoms with Gasteiger partial charge in [0.05, 0.1) is 6.10 Å². The van der Waals surface area contributed by atoms with E-state index in [-0.39, 0.29) is 22.9 Å². The van der Waals surface area contributed by atoms with E-state index in [4.69, 9.17) is 0 Å². The highest BCUT2D eigenvalue weighted by molar-refractivity contribution is 7.98. The topological polar surface area (TPSA) is 37.3 Å². The molecular formula is C35H42O2S. The van der Waals surface area contributed by atoms with Crippen molar-refractivity contribution in [2.75, 3.05) is 6.26 Å². The number of hydrogen-bond donors (Lipinski definition) is 1. The highest BCUT2D eigenvalue weighted by Gasteiger charge is 2.59. The predicted octanol–water partition coefficient (Wildman–Crippen LogP) is 8.60. The molecule has 0 spiro atoms. The minimum absolute atomic E-state index is 0.116. The van der Waals surface area contributed by atoms with Crippen molar-refractivity contribution in [2.45, 2.75) is 76.2 Å². The smallest absolute Gasteiger partial charge is 0.159 e. The highest BCUT2D eigenvalue weighted by Crippen LogP contribution is 2.66. The van der Waals surface area contributed by atoms with Gasteiger partial charge in [0.2, 0.25) is 0 Å². The number of carbonyl (C=O) groups is 1. The molecule has 0 radical (unpaired) electrons. The summed E-state index contributed by atoms with van der Waals surface area (Å²) in [6.07, 6.45) is 17.0. The molecule has 1 N–H and O–H groups in total. The fraction of sp³-hybridized carbons (Fsp3) is 0.514. The lowest BCUT2D eigenvalue weighted by Crippen LogP contribution is -2.50. The van der Waals surface area contributed by atoms with Crippen molar-refractivity contribution in [3.05, 3.63) is 71.8 Å². The van der Waals surface area contributed by atoms with Gasteiger partial charge in [0.25, 0.3) is 0 Å². The molecule has 0 heterocycles. The monoisotopic (exact) mass is 526 g/mol. The highest BCUT2D eigenvalue weighted by atomic mass is 32.2. The number of benzene rings is 2. The molecule has 2 aromatic rings. The van der Waals surface area contributed by atoms with Crippen molar-refractivity contribution >= 4 is 23.6 Å². The van der Waals surface area contributed by atoms with Gasteiger partial charge in [0.1, 0.15) is 0 Å². The maximum atomic E-state index is 13.6. The van der Waals surface area contributed by atoms with E-state index in [1.54, 1.807) is 11.8 Å². The zero-order valence-electron chi connectivity index (χ0n) is 23.2. The molecule has 200 valence electrons. The number of aliphatic hydroxyl groups excluding tert-OH is 1. The van der Waals surface area contributed by atoms with Crippen LogP contribution < -0.4 is 0 Å². The Morgan fingerprint density at radius 3 is 2.34 bits per heavy atom. The molecule has 2 nitrogen and oxygen atoms in total. The SMILES string of the molecule is CSc1ccc(-c2ccc(/C=C/C(=O)[C@H]3CC[C@H]4[C@@H]5CC=C6C[C@@H](O)CC[C@]6(C)[C@H]5CC[C@]34C)cc2)cc1. The Morgan fingerprint density at radius 1 is 0.921 bits per heavy atom. The molecule has 7 atom stereocenters. The van der Waals surface area contributed by atoms with Crippen molar-refractivity contribution in [1.29, 1.82) is 0 Å². The molecule has 2 aromatic carbocycles. The minimum atomic E-state index is -0.150. The van der Waals surface area contributed by atoms with Crippen LogP contribution in [0, 0.1) is 34.5 Å². The molecule has 0 bridgehead atoms. The van der Waals surface area contributed by atoms with Crippen LogP contribution in [-0.2, 0) is 4.79 Å². The summed E-state index contributed by atoms with van der Waals surface area (Å²) in [6, 6.07) is 17.2. The summed E-state index contributed by atoms with van der Waals surface area (Å²) in [6.45, 7) is 4.91. The van der Waals surface area contributed by atoms with Crippen molar-refractivity contribution in [3.8, 4) is 11.1 Å². The van der Waals surface area contributed by atoms with Gasteiger partial charge in [-0.3, -0.25) is 4.79 Å². The van der Waals surface area contributed by atoms with Crippen LogP contribution in [0.2, 0.25) is 0 Å². The Morgan fingerprint density at radius 2 is 1.63 bits per heavy atom. The van der Waals surface area contributed by atoms with Gasteiger partial charge in [0, 0.05) is 10.8 Å². The molecule has 0 saturated heterocycles. The van der Waals surface area contributed by atoms with Crippen LogP contribution in [0.15, 0.2) is 71.2 Å². The summed E-state index contributed by atoms with van der Waals surface area (Å²) in [7, 11) is 0. The van der Waals surface area contributed by atoms with Crippen LogP contribution in [0.3, 0.4) is 0 Å². The molecule has 38 heavy (non-hydrogen) atoms. The van der Waals surface area contributed by atoms with E-state index in [0.29, 0.717) is 23.5 Å². The first-order valence-corrected chi connectivity index (χ1v) is 15.9. The van der Waals surface area contributed by atoms with Gasteiger partial charge in [-0.05, 0) is 121 Å². The Labute approximate surface area is 233 Å². The van der Waals surface area contributed by atoms with Crippen molar-refractivity contribution in [3.63, 3.8) is 0 Å². The van der Waals surface area contributed by atoms with Crippen LogP contribution in [0.4, 0.5) is 0 Å². The van der Waals surface area contributed by atoms with Gasteiger partial charge in [-0.2, -0.15) is 0 Å². The van der Waals surface area contributed by atoms with Gasteiger partial charge in [0.15, 0.2) is 5.78 Å². The van der Waals surface area contributed by atoms with Crippen LogP contribution in [0.5, 0.6) is 0 Å². The molecule has 0 aliphatic heterocycles. The molecule has 0 aromatic heterocycles. The van der Waals surface area contributed by atoms with E-state index in [0.717, 1.165) is 37.7 Å². The van der Waals surface area contributed by atoms with E-state index in [1.807, 2.05) is 12.2 Å². The number of rotatable bonds is 5. The number of allylic oxidation sites excluding steroid dienone is 2. The zero-order valence-corrected chi connectivity index (χ0v) is 24.0. The lowest BCUT2D eigenvalue weighted by molar-refractivity contribution is -0.124. The predicted molar refractivity (Wildman–Crippen MR) is 159 cm³/mol. The third kappa shape index (κ3) is 4.44. The average molecular weight is 527 g/mol. The summed E-state index contributed by atoms with van der Waals surface area (Å²) >= 11 is 1.76. The molecule has 0 unspecified atom stereocenters. The third-order valence-corrected chi connectivity index (χ3v) is 11.9. The molecular weight excluding hydrogens is 484 g/mol. The van der Waals surface area contributed by atoms with Gasteiger partial charge in [-0.15, -0.1) is 11.8 Å². The summed E-state index contributed by atoms with van der Waals surface area (Å²) in [5, 5.41) is 10.3. The average Bonchev–Trinajstić information content (AvgIpc) is 3.30. The van der Waals surface area contributed by atoms with E-state index in [1.165, 1.54) is 40.9 Å². The quantitative estimate of drug-likeness (QED) is 0.241. The number of thioether (sulfide) groups is 1. The third-order valence-electron chi connectivity index (χ3n) is 11.2. The summed E-state index contributed by atoms with van der Waals surface area (Å²) in [4.78, 5) is 14.9. The fourth-order valence-electron chi connectivity index (χ4n) is 8.97. The lowest BCUT2D eigenvalue weighted by Gasteiger charge is -2.57. The van der Waals surface area contributed by atoms with Gasteiger partial charge < -0.3 is 5.11 Å². The summed E-state index contributed by atoms with van der Waals surface area (Å²) < 4.78 is 0. The van der Waals surface area contributed by atoms with E-state index in [2.05, 4.69) is 74.7 Å². The number of fused-ring (bicyclic) bond motifs is 5. The first kappa shape index (κ1) is 26.1. The van der Waals surface area contributed by atoms with Gasteiger partial charge in [-0.25, -0.2) is 0 Å². The molecule has 4 aliphatic rings. The molecule has 6 rings (SSSR count). The maximum absolute atomic E-state index is 13.6. The van der Waals surface area contributed by atoms with Crippen LogP contribution in [0.1, 0.15) is 70.8 Å². The second-order valence-electron chi connectivity index (χ2n) is 12.9. The molecule has 3 fully saturated rings. The normalized spacial score (nSPS) is 36.3. The molecule has 3 saturated carbocycles. The summed E-state index contributed by atoms with van der Waals surface area (Å²) in [5.41, 5.74) is 5.41. The largest absolute Gasteiger partial charge is 0.393 e. The van der Waals surface area contributed by atoms with Crippen molar-refractivity contribution in [2.24, 2.45) is 34.5 Å². The molecule has 3 heteroatoms. The number of aliphatic hydroxyl groups is 1. The van der Waals surface area contributed by atoms with Gasteiger partial charge in [-0.1, -0.05) is 68.0 Å². The van der Waals surface area contributed by atoms with Crippen LogP contribution in [0.25, 0.3) is 17.2 Å². The minimum Gasteiger partial charge on any atom is -0.393 e. The van der Waals surface area contributed by atoms with Gasteiger partial charge >= 0.3 is 0 Å². The Hall–Kier alpha value is -2.10. The van der Waals surface area contributed by atoms with Crippen molar-refractivity contribution in [1.82, 2.24) is 0 Å². The number of ketones is 1.